The van der Waals surface area contributed by atoms with Gasteiger partial charge in [-0.1, -0.05) is 44.2 Å². The summed E-state index contributed by atoms with van der Waals surface area (Å²) in [6, 6.07) is 15.4. The number of amides is 2. The van der Waals surface area contributed by atoms with Crippen LogP contribution < -0.4 is 4.74 Å². The minimum Gasteiger partial charge on any atom is -0.456 e. The maximum Gasteiger partial charge on any atom is 0.257 e. The minimum atomic E-state index is -0.0406. The topological polar surface area (TPSA) is 49.9 Å². The molecule has 1 aliphatic carbocycles. The zero-order chi connectivity index (χ0) is 20.4. The summed E-state index contributed by atoms with van der Waals surface area (Å²) in [6.45, 7) is 6.60. The SMILES string of the molecule is CC(C)c1ccccc1Oc1ccccc1C(=O)N1CCN(C(=O)C2CC2)CC1. The van der Waals surface area contributed by atoms with E-state index in [1.165, 1.54) is 0 Å². The van der Waals surface area contributed by atoms with Gasteiger partial charge in [-0.05, 0) is 42.5 Å². The fourth-order valence-electron chi connectivity index (χ4n) is 3.79. The molecule has 152 valence electrons. The first kappa shape index (κ1) is 19.5. The smallest absolute Gasteiger partial charge is 0.257 e. The number of para-hydroxylation sites is 2. The number of nitrogens with zero attached hydrogens (tertiary/aromatic N) is 2. The number of hydrogen-bond donors (Lipinski definition) is 0. The monoisotopic (exact) mass is 392 g/mol. The van der Waals surface area contributed by atoms with Crippen LogP contribution in [0.5, 0.6) is 11.5 Å². The van der Waals surface area contributed by atoms with Crippen LogP contribution >= 0.6 is 0 Å². The normalized spacial score (nSPS) is 16.8. The van der Waals surface area contributed by atoms with E-state index in [-0.39, 0.29) is 17.7 Å². The van der Waals surface area contributed by atoms with Crippen molar-refractivity contribution >= 4 is 11.8 Å². The highest BCUT2D eigenvalue weighted by atomic mass is 16.5. The van der Waals surface area contributed by atoms with Gasteiger partial charge in [-0.25, -0.2) is 0 Å². The Morgan fingerprint density at radius 1 is 0.862 bits per heavy atom. The molecule has 0 N–H and O–H groups in total. The lowest BCUT2D eigenvalue weighted by Gasteiger charge is -2.35. The maximum absolute atomic E-state index is 13.2. The fourth-order valence-corrected chi connectivity index (χ4v) is 3.79. The Morgan fingerprint density at radius 2 is 1.45 bits per heavy atom. The highest BCUT2D eigenvalue weighted by molar-refractivity contribution is 5.97. The summed E-state index contributed by atoms with van der Waals surface area (Å²) < 4.78 is 6.20. The molecule has 2 aliphatic rings. The lowest BCUT2D eigenvalue weighted by atomic mass is 10.0. The lowest BCUT2D eigenvalue weighted by molar-refractivity contribution is -0.134. The van der Waals surface area contributed by atoms with E-state index < -0.39 is 0 Å². The number of benzene rings is 2. The summed E-state index contributed by atoms with van der Waals surface area (Å²) in [4.78, 5) is 29.2. The molecule has 5 heteroatoms. The van der Waals surface area contributed by atoms with E-state index in [2.05, 4.69) is 19.9 Å². The molecule has 0 bridgehead atoms. The van der Waals surface area contributed by atoms with Gasteiger partial charge in [-0.2, -0.15) is 0 Å². The zero-order valence-electron chi connectivity index (χ0n) is 17.1. The van der Waals surface area contributed by atoms with E-state index in [1.54, 1.807) is 0 Å². The third kappa shape index (κ3) is 4.29. The van der Waals surface area contributed by atoms with Gasteiger partial charge >= 0.3 is 0 Å². The van der Waals surface area contributed by atoms with E-state index >= 15 is 0 Å². The van der Waals surface area contributed by atoms with Gasteiger partial charge in [-0.15, -0.1) is 0 Å². The first-order valence-electron chi connectivity index (χ1n) is 10.5. The highest BCUT2D eigenvalue weighted by Crippen LogP contribution is 2.33. The van der Waals surface area contributed by atoms with E-state index in [0.717, 1.165) is 24.2 Å². The molecular formula is C24H28N2O3. The number of hydrogen-bond acceptors (Lipinski definition) is 3. The lowest BCUT2D eigenvalue weighted by Crippen LogP contribution is -2.51. The van der Waals surface area contributed by atoms with Crippen molar-refractivity contribution in [2.75, 3.05) is 26.2 Å². The quantitative estimate of drug-likeness (QED) is 0.762. The third-order valence-corrected chi connectivity index (χ3v) is 5.68. The number of piperazine rings is 1. The Labute approximate surface area is 172 Å². The predicted molar refractivity (Wildman–Crippen MR) is 112 cm³/mol. The maximum atomic E-state index is 13.2. The van der Waals surface area contributed by atoms with Crippen LogP contribution in [0, 0.1) is 5.92 Å². The molecule has 1 saturated heterocycles. The van der Waals surface area contributed by atoms with Crippen molar-refractivity contribution in [2.45, 2.75) is 32.6 Å². The van der Waals surface area contributed by atoms with E-state index in [9.17, 15) is 9.59 Å². The van der Waals surface area contributed by atoms with Crippen LogP contribution in [0.25, 0.3) is 0 Å². The first-order chi connectivity index (χ1) is 14.0. The van der Waals surface area contributed by atoms with Gasteiger partial charge in [-0.3, -0.25) is 9.59 Å². The Bertz CT molecular complexity index is 897. The molecule has 2 amide bonds. The first-order valence-corrected chi connectivity index (χ1v) is 10.5. The molecule has 0 radical (unpaired) electrons. The van der Waals surface area contributed by atoms with Crippen molar-refractivity contribution in [3.63, 3.8) is 0 Å². The van der Waals surface area contributed by atoms with Gasteiger partial charge in [0.15, 0.2) is 0 Å². The number of carbonyl (C=O) groups is 2. The van der Waals surface area contributed by atoms with Crippen LogP contribution in [-0.2, 0) is 4.79 Å². The average Bonchev–Trinajstić information content (AvgIpc) is 3.59. The second-order valence-corrected chi connectivity index (χ2v) is 8.18. The van der Waals surface area contributed by atoms with Crippen molar-refractivity contribution in [2.24, 2.45) is 5.92 Å². The van der Waals surface area contributed by atoms with Gasteiger partial charge in [0, 0.05) is 32.1 Å². The average molecular weight is 392 g/mol. The molecular weight excluding hydrogens is 364 g/mol. The summed E-state index contributed by atoms with van der Waals surface area (Å²) >= 11 is 0. The Kier molecular flexibility index (Phi) is 5.56. The summed E-state index contributed by atoms with van der Waals surface area (Å²) in [5, 5.41) is 0. The predicted octanol–water partition coefficient (Wildman–Crippen LogP) is 4.30. The summed E-state index contributed by atoms with van der Waals surface area (Å²) in [7, 11) is 0. The van der Waals surface area contributed by atoms with Crippen molar-refractivity contribution in [3.05, 3.63) is 59.7 Å². The molecule has 1 aliphatic heterocycles. The van der Waals surface area contributed by atoms with Crippen molar-refractivity contribution < 1.29 is 14.3 Å². The Hall–Kier alpha value is -2.82. The third-order valence-electron chi connectivity index (χ3n) is 5.68. The summed E-state index contributed by atoms with van der Waals surface area (Å²) in [6.07, 6.45) is 2.03. The van der Waals surface area contributed by atoms with Gasteiger partial charge in [0.2, 0.25) is 5.91 Å². The number of carbonyl (C=O) groups excluding carboxylic acids is 2. The van der Waals surface area contributed by atoms with E-state index in [4.69, 9.17) is 4.74 Å². The van der Waals surface area contributed by atoms with Crippen LogP contribution in [0.1, 0.15) is 48.5 Å². The highest BCUT2D eigenvalue weighted by Gasteiger charge is 2.35. The van der Waals surface area contributed by atoms with E-state index in [1.807, 2.05) is 52.3 Å². The number of rotatable bonds is 5. The zero-order valence-corrected chi connectivity index (χ0v) is 17.1. The fraction of sp³-hybridized carbons (Fsp3) is 0.417. The molecule has 2 aromatic carbocycles. The minimum absolute atomic E-state index is 0.0406. The van der Waals surface area contributed by atoms with Crippen molar-refractivity contribution in [1.82, 2.24) is 9.80 Å². The van der Waals surface area contributed by atoms with Crippen LogP contribution in [-0.4, -0.2) is 47.8 Å². The molecule has 0 aromatic heterocycles. The molecule has 5 nitrogen and oxygen atoms in total. The molecule has 0 spiro atoms. The molecule has 29 heavy (non-hydrogen) atoms. The van der Waals surface area contributed by atoms with Crippen molar-refractivity contribution in [3.8, 4) is 11.5 Å². The Morgan fingerprint density at radius 3 is 2.10 bits per heavy atom. The molecule has 0 unspecified atom stereocenters. The molecule has 1 saturated carbocycles. The second kappa shape index (κ2) is 8.27. The van der Waals surface area contributed by atoms with E-state index in [0.29, 0.717) is 43.4 Å². The second-order valence-electron chi connectivity index (χ2n) is 8.18. The molecule has 0 atom stereocenters. The standard InChI is InChI=1S/C24H28N2O3/c1-17(2)19-7-3-5-9-21(19)29-22-10-6-4-8-20(22)24(28)26-15-13-25(14-16-26)23(27)18-11-12-18/h3-10,17-18H,11-16H2,1-2H3. The number of ether oxygens (including phenoxy) is 1. The Balaban J connectivity index is 1.48. The molecule has 1 heterocycles. The largest absolute Gasteiger partial charge is 0.456 e. The van der Waals surface area contributed by atoms with Crippen LogP contribution in [0.15, 0.2) is 48.5 Å². The van der Waals surface area contributed by atoms with Gasteiger partial charge in [0.05, 0.1) is 5.56 Å². The van der Waals surface area contributed by atoms with Crippen LogP contribution in [0.3, 0.4) is 0 Å². The molecule has 2 fully saturated rings. The summed E-state index contributed by atoms with van der Waals surface area (Å²) in [5.74, 6) is 2.12. The molecule has 2 aromatic rings. The summed E-state index contributed by atoms with van der Waals surface area (Å²) in [5.41, 5.74) is 1.68. The van der Waals surface area contributed by atoms with Gasteiger partial charge in [0.1, 0.15) is 11.5 Å². The van der Waals surface area contributed by atoms with Gasteiger partial charge < -0.3 is 14.5 Å². The van der Waals surface area contributed by atoms with Crippen molar-refractivity contribution in [1.29, 1.82) is 0 Å². The van der Waals surface area contributed by atoms with Crippen LogP contribution in [0.2, 0.25) is 0 Å². The molecule has 4 rings (SSSR count). The van der Waals surface area contributed by atoms with Crippen LogP contribution in [0.4, 0.5) is 0 Å². The van der Waals surface area contributed by atoms with Gasteiger partial charge in [0.25, 0.3) is 5.91 Å².